The molecular formula is C23H17ClF2N2O3S. The van der Waals surface area contributed by atoms with Gasteiger partial charge in [0, 0.05) is 18.3 Å². The molecule has 0 aliphatic rings. The van der Waals surface area contributed by atoms with Gasteiger partial charge in [-0.2, -0.15) is 0 Å². The highest BCUT2D eigenvalue weighted by Crippen LogP contribution is 2.31. The molecule has 0 aliphatic heterocycles. The van der Waals surface area contributed by atoms with Crippen LogP contribution in [0.15, 0.2) is 60.8 Å². The zero-order valence-electron chi connectivity index (χ0n) is 16.6. The number of thiophene rings is 1. The summed E-state index contributed by atoms with van der Waals surface area (Å²) in [5.41, 5.74) is 1.55. The summed E-state index contributed by atoms with van der Waals surface area (Å²) in [6.45, 7) is 0.284. The molecule has 5 nitrogen and oxygen atoms in total. The topological polar surface area (TPSA) is 64.3 Å². The SMILES string of the molecule is O=C(O)c1ccc(Cn2cc(COCc3c(F)cccc3F)nc2-c2ccc(Cl)s2)cc1. The second-order valence-corrected chi connectivity index (χ2v) is 8.70. The minimum atomic E-state index is -0.987. The fourth-order valence-corrected chi connectivity index (χ4v) is 4.22. The average molecular weight is 475 g/mol. The van der Waals surface area contributed by atoms with E-state index in [1.54, 1.807) is 36.5 Å². The lowest BCUT2D eigenvalue weighted by Gasteiger charge is -2.07. The molecule has 2 aromatic carbocycles. The van der Waals surface area contributed by atoms with Crippen molar-refractivity contribution in [1.29, 1.82) is 0 Å². The van der Waals surface area contributed by atoms with Crippen molar-refractivity contribution in [2.45, 2.75) is 19.8 Å². The van der Waals surface area contributed by atoms with Crippen LogP contribution in [-0.4, -0.2) is 20.6 Å². The molecule has 0 fully saturated rings. The van der Waals surface area contributed by atoms with Crippen molar-refractivity contribution in [3.05, 3.63) is 99.1 Å². The molecule has 2 aromatic heterocycles. The third kappa shape index (κ3) is 5.04. The predicted molar refractivity (Wildman–Crippen MR) is 118 cm³/mol. The van der Waals surface area contributed by atoms with Gasteiger partial charge in [0.05, 0.1) is 33.7 Å². The zero-order chi connectivity index (χ0) is 22.7. The Morgan fingerprint density at radius 3 is 2.41 bits per heavy atom. The summed E-state index contributed by atoms with van der Waals surface area (Å²) in [5.74, 6) is -1.64. The highest BCUT2D eigenvalue weighted by atomic mass is 35.5. The van der Waals surface area contributed by atoms with Crippen LogP contribution in [0.2, 0.25) is 4.34 Å². The molecule has 32 heavy (non-hydrogen) atoms. The first kappa shape index (κ1) is 22.1. The standard InChI is InChI=1S/C23H17ClF2N2O3S/c24-21-9-8-20(32-21)22-27-16(12-31-13-17-18(25)2-1-3-19(17)26)11-28(22)10-14-4-6-15(7-5-14)23(29)30/h1-9,11H,10,12-13H2,(H,29,30). The molecule has 1 N–H and O–H groups in total. The molecule has 9 heteroatoms. The van der Waals surface area contributed by atoms with Gasteiger partial charge in [0.1, 0.15) is 11.6 Å². The Morgan fingerprint density at radius 2 is 1.78 bits per heavy atom. The van der Waals surface area contributed by atoms with Crippen LogP contribution >= 0.6 is 22.9 Å². The first-order valence-corrected chi connectivity index (χ1v) is 10.7. The molecule has 0 spiro atoms. The summed E-state index contributed by atoms with van der Waals surface area (Å²) >= 11 is 7.46. The van der Waals surface area contributed by atoms with E-state index in [1.807, 2.05) is 10.6 Å². The summed E-state index contributed by atoms with van der Waals surface area (Å²) in [6, 6.07) is 13.9. The number of ether oxygens (including phenoxy) is 1. The normalized spacial score (nSPS) is 11.1. The van der Waals surface area contributed by atoms with Gasteiger partial charge >= 0.3 is 5.97 Å². The third-order valence-corrected chi connectivity index (χ3v) is 5.96. The lowest BCUT2D eigenvalue weighted by atomic mass is 10.1. The molecule has 0 radical (unpaired) electrons. The van der Waals surface area contributed by atoms with Gasteiger partial charge in [-0.3, -0.25) is 0 Å². The number of rotatable bonds is 8. The molecule has 164 valence electrons. The highest BCUT2D eigenvalue weighted by Gasteiger charge is 2.15. The number of hydrogen-bond donors (Lipinski definition) is 1. The van der Waals surface area contributed by atoms with Crippen LogP contribution < -0.4 is 0 Å². The van der Waals surface area contributed by atoms with Gasteiger partial charge in [0.2, 0.25) is 0 Å². The van der Waals surface area contributed by atoms with Gasteiger partial charge in [0.15, 0.2) is 5.82 Å². The number of carboxylic acids is 1. The third-order valence-electron chi connectivity index (χ3n) is 4.73. The first-order chi connectivity index (χ1) is 15.4. The van der Waals surface area contributed by atoms with Crippen LogP contribution in [0.4, 0.5) is 8.78 Å². The minimum Gasteiger partial charge on any atom is -0.478 e. The van der Waals surface area contributed by atoms with Crippen LogP contribution in [0.25, 0.3) is 10.7 Å². The van der Waals surface area contributed by atoms with E-state index in [-0.39, 0.29) is 24.3 Å². The van der Waals surface area contributed by atoms with Gasteiger partial charge in [0.25, 0.3) is 0 Å². The molecule has 0 aliphatic carbocycles. The summed E-state index contributed by atoms with van der Waals surface area (Å²) < 4.78 is 35.6. The number of imidazole rings is 1. The number of halogens is 3. The maximum absolute atomic E-state index is 13.8. The monoisotopic (exact) mass is 474 g/mol. The molecule has 4 rings (SSSR count). The number of hydrogen-bond acceptors (Lipinski definition) is 4. The van der Waals surface area contributed by atoms with E-state index in [4.69, 9.17) is 21.4 Å². The van der Waals surface area contributed by atoms with Crippen molar-refractivity contribution in [1.82, 2.24) is 9.55 Å². The maximum Gasteiger partial charge on any atom is 0.335 e. The van der Waals surface area contributed by atoms with Gasteiger partial charge in [-0.1, -0.05) is 29.8 Å². The summed E-state index contributed by atoms with van der Waals surface area (Å²) in [6.07, 6.45) is 1.80. The van der Waals surface area contributed by atoms with Crippen LogP contribution in [-0.2, 0) is 24.5 Å². The van der Waals surface area contributed by atoms with E-state index in [1.165, 1.54) is 29.5 Å². The van der Waals surface area contributed by atoms with Gasteiger partial charge < -0.3 is 14.4 Å². The van der Waals surface area contributed by atoms with Crippen LogP contribution in [0.3, 0.4) is 0 Å². The minimum absolute atomic E-state index is 0.0604. The fraction of sp³-hybridized carbons (Fsp3) is 0.130. The van der Waals surface area contributed by atoms with Crippen molar-refractivity contribution in [2.24, 2.45) is 0 Å². The number of carboxylic acid groups (broad SMARTS) is 1. The molecule has 0 bridgehead atoms. The first-order valence-electron chi connectivity index (χ1n) is 9.55. The summed E-state index contributed by atoms with van der Waals surface area (Å²) in [7, 11) is 0. The van der Waals surface area contributed by atoms with Crippen molar-refractivity contribution >= 4 is 28.9 Å². The van der Waals surface area contributed by atoms with Crippen molar-refractivity contribution in [3.8, 4) is 10.7 Å². The Labute approximate surface area is 191 Å². The van der Waals surface area contributed by atoms with Crippen LogP contribution in [0.5, 0.6) is 0 Å². The Hall–Kier alpha value is -3.07. The fourth-order valence-electron chi connectivity index (χ4n) is 3.17. The van der Waals surface area contributed by atoms with Crippen LogP contribution in [0, 0.1) is 11.6 Å². The van der Waals surface area contributed by atoms with E-state index in [0.29, 0.717) is 22.4 Å². The second-order valence-electron chi connectivity index (χ2n) is 6.98. The Kier molecular flexibility index (Phi) is 6.64. The molecular weight excluding hydrogens is 458 g/mol. The zero-order valence-corrected chi connectivity index (χ0v) is 18.2. The molecule has 0 unspecified atom stereocenters. The Bertz CT molecular complexity index is 1230. The van der Waals surface area contributed by atoms with E-state index in [2.05, 4.69) is 4.98 Å². The Balaban J connectivity index is 1.54. The quantitative estimate of drug-likeness (QED) is 0.340. The smallest absolute Gasteiger partial charge is 0.335 e. The average Bonchev–Trinajstić information content (AvgIpc) is 3.36. The molecule has 4 aromatic rings. The molecule has 0 saturated heterocycles. The summed E-state index contributed by atoms with van der Waals surface area (Å²) in [4.78, 5) is 16.5. The van der Waals surface area contributed by atoms with Crippen molar-refractivity contribution in [3.63, 3.8) is 0 Å². The highest BCUT2D eigenvalue weighted by molar-refractivity contribution is 7.19. The number of carbonyl (C=O) groups is 1. The predicted octanol–water partition coefficient (Wildman–Crippen LogP) is 6.01. The van der Waals surface area contributed by atoms with Gasteiger partial charge in [-0.25, -0.2) is 18.6 Å². The number of nitrogens with zero attached hydrogens (tertiary/aromatic N) is 2. The maximum atomic E-state index is 13.8. The van der Waals surface area contributed by atoms with E-state index < -0.39 is 17.6 Å². The molecule has 0 amide bonds. The number of benzene rings is 2. The molecule has 0 atom stereocenters. The molecule has 2 heterocycles. The van der Waals surface area contributed by atoms with Gasteiger partial charge in [-0.15, -0.1) is 11.3 Å². The lowest BCUT2D eigenvalue weighted by molar-refractivity contribution is 0.0697. The summed E-state index contributed by atoms with van der Waals surface area (Å²) in [5, 5.41) is 9.08. The largest absolute Gasteiger partial charge is 0.478 e. The van der Waals surface area contributed by atoms with Crippen molar-refractivity contribution < 1.29 is 23.4 Å². The Morgan fingerprint density at radius 1 is 1.06 bits per heavy atom. The van der Waals surface area contributed by atoms with E-state index in [0.717, 1.165) is 10.4 Å². The van der Waals surface area contributed by atoms with Crippen LogP contribution in [0.1, 0.15) is 27.2 Å². The van der Waals surface area contributed by atoms with Crippen molar-refractivity contribution in [2.75, 3.05) is 0 Å². The van der Waals surface area contributed by atoms with Gasteiger partial charge in [-0.05, 0) is 42.0 Å². The molecule has 0 saturated carbocycles. The van der Waals surface area contributed by atoms with E-state index in [9.17, 15) is 13.6 Å². The second kappa shape index (κ2) is 9.60. The lowest BCUT2D eigenvalue weighted by Crippen LogP contribution is -2.02. The van der Waals surface area contributed by atoms with E-state index >= 15 is 0 Å². The number of aromatic nitrogens is 2. The number of aromatic carboxylic acids is 1.